The van der Waals surface area contributed by atoms with E-state index in [0.717, 1.165) is 4.57 Å². The van der Waals surface area contributed by atoms with Crippen molar-refractivity contribution < 1.29 is 9.59 Å². The number of rotatable bonds is 3. The Bertz CT molecular complexity index is 986. The Kier molecular flexibility index (Phi) is 3.91. The molecule has 1 amide bonds. The molecular weight excluding hydrogens is 308 g/mol. The van der Waals surface area contributed by atoms with Gasteiger partial charge in [-0.3, -0.25) is 14.2 Å². The molecule has 0 radical (unpaired) electrons. The van der Waals surface area contributed by atoms with Crippen LogP contribution >= 0.6 is 0 Å². The van der Waals surface area contributed by atoms with Crippen molar-refractivity contribution in [2.75, 3.05) is 12.3 Å². The second-order valence-corrected chi connectivity index (χ2v) is 5.37. The number of nitrogens with two attached hydrogens (primary N) is 1. The zero-order valence-electron chi connectivity index (χ0n) is 13.0. The quantitative estimate of drug-likeness (QED) is 0.702. The van der Waals surface area contributed by atoms with Crippen molar-refractivity contribution in [3.63, 3.8) is 0 Å². The molecule has 3 aromatic rings. The third-order valence-electron chi connectivity index (χ3n) is 3.77. The lowest BCUT2D eigenvalue weighted by Crippen LogP contribution is -2.37. The molecule has 0 spiro atoms. The molecule has 7 heteroatoms. The number of hydrogen-bond donors (Lipinski definition) is 2. The van der Waals surface area contributed by atoms with Gasteiger partial charge in [-0.15, -0.1) is 0 Å². The number of carbonyl (C=O) groups excluding carboxylic acids is 2. The number of nitrogens with one attached hydrogen (secondary N) is 1. The van der Waals surface area contributed by atoms with Gasteiger partial charge >= 0.3 is 5.69 Å². The van der Waals surface area contributed by atoms with E-state index >= 15 is 0 Å². The molecule has 24 heavy (non-hydrogen) atoms. The Hall–Kier alpha value is -3.35. The fourth-order valence-electron chi connectivity index (χ4n) is 2.53. The molecule has 0 unspecified atom stereocenters. The molecule has 122 valence electrons. The molecule has 0 bridgehead atoms. The van der Waals surface area contributed by atoms with Crippen molar-refractivity contribution >= 4 is 28.5 Å². The first kappa shape index (κ1) is 15.5. The molecule has 1 heterocycles. The van der Waals surface area contributed by atoms with Gasteiger partial charge in [-0.1, -0.05) is 18.2 Å². The van der Waals surface area contributed by atoms with E-state index in [1.807, 2.05) is 0 Å². The lowest BCUT2D eigenvalue weighted by Gasteiger charge is -2.05. The first-order valence-electron chi connectivity index (χ1n) is 7.32. The number of imidazole rings is 1. The lowest BCUT2D eigenvalue weighted by molar-refractivity contribution is 0.0861. The van der Waals surface area contributed by atoms with Crippen LogP contribution in [0.1, 0.15) is 15.2 Å². The summed E-state index contributed by atoms with van der Waals surface area (Å²) in [7, 11) is 1.58. The second kappa shape index (κ2) is 6.04. The summed E-state index contributed by atoms with van der Waals surface area (Å²) in [4.78, 5) is 36.8. The lowest BCUT2D eigenvalue weighted by atomic mass is 10.2. The molecule has 7 nitrogen and oxygen atoms in total. The van der Waals surface area contributed by atoms with Crippen LogP contribution in [0.2, 0.25) is 0 Å². The summed E-state index contributed by atoms with van der Waals surface area (Å²) >= 11 is 0. The summed E-state index contributed by atoms with van der Waals surface area (Å²) in [5.74, 6) is -0.905. The van der Waals surface area contributed by atoms with Crippen molar-refractivity contribution in [1.82, 2.24) is 14.5 Å². The summed E-state index contributed by atoms with van der Waals surface area (Å²) in [5.41, 5.74) is 7.17. The van der Waals surface area contributed by atoms with Gasteiger partial charge in [0.25, 0.3) is 11.8 Å². The van der Waals surface area contributed by atoms with Crippen LogP contribution in [0, 0.1) is 0 Å². The average Bonchev–Trinajstić information content (AvgIpc) is 2.83. The zero-order chi connectivity index (χ0) is 17.3. The second-order valence-electron chi connectivity index (χ2n) is 5.37. The first-order chi connectivity index (χ1) is 11.5. The number of nitrogen functional groups attached to an aromatic ring is 1. The van der Waals surface area contributed by atoms with E-state index < -0.39 is 11.6 Å². The molecule has 0 aliphatic carbocycles. The number of nitrogens with zero attached hydrogens (tertiary/aromatic N) is 2. The molecule has 0 saturated heterocycles. The molecule has 3 rings (SSSR count). The molecule has 1 aromatic heterocycles. The minimum Gasteiger partial charge on any atom is -0.399 e. The molecule has 2 aromatic carbocycles. The van der Waals surface area contributed by atoms with Crippen LogP contribution in [0.3, 0.4) is 0 Å². The molecule has 0 aliphatic rings. The predicted octanol–water partition coefficient (Wildman–Crippen LogP) is 0.992. The summed E-state index contributed by atoms with van der Waals surface area (Å²) in [6.45, 7) is -0.290. The Morgan fingerprint density at radius 3 is 2.50 bits per heavy atom. The molecule has 0 aliphatic heterocycles. The highest BCUT2D eigenvalue weighted by Gasteiger charge is 2.17. The van der Waals surface area contributed by atoms with Gasteiger partial charge in [-0.25, -0.2) is 9.36 Å². The molecule has 0 fully saturated rings. The maximum atomic E-state index is 12.4. The average molecular weight is 324 g/mol. The van der Waals surface area contributed by atoms with Crippen LogP contribution in [-0.4, -0.2) is 27.5 Å². The van der Waals surface area contributed by atoms with Gasteiger partial charge in [0.1, 0.15) is 0 Å². The molecular formula is C17H16N4O3. The zero-order valence-corrected chi connectivity index (χ0v) is 13.0. The monoisotopic (exact) mass is 324 g/mol. The normalized spacial score (nSPS) is 10.7. The van der Waals surface area contributed by atoms with Gasteiger partial charge in [-0.2, -0.15) is 0 Å². The van der Waals surface area contributed by atoms with Gasteiger partial charge in [0.2, 0.25) is 0 Å². The van der Waals surface area contributed by atoms with Crippen molar-refractivity contribution in [3.8, 4) is 0 Å². The van der Waals surface area contributed by atoms with E-state index in [9.17, 15) is 14.4 Å². The summed E-state index contributed by atoms with van der Waals surface area (Å²) in [5, 5.41) is 2.52. The maximum absolute atomic E-state index is 12.4. The van der Waals surface area contributed by atoms with Crippen LogP contribution in [0.15, 0.2) is 53.3 Å². The highest BCUT2D eigenvalue weighted by molar-refractivity contribution is 5.98. The predicted molar refractivity (Wildman–Crippen MR) is 91.0 cm³/mol. The topological polar surface area (TPSA) is 99.1 Å². The van der Waals surface area contributed by atoms with E-state index in [1.54, 1.807) is 55.6 Å². The fraction of sp³-hybridized carbons (Fsp3) is 0.118. The summed E-state index contributed by atoms with van der Waals surface area (Å²) in [6.07, 6.45) is 0. The standard InChI is InChI=1S/C17H16N4O3/c1-20-13-8-7-12(18)9-14(13)21(17(20)24)15(22)10-19-16(23)11-5-3-2-4-6-11/h2-9H,10,18H2,1H3,(H,19,23). The van der Waals surface area contributed by atoms with Crippen molar-refractivity contribution in [2.45, 2.75) is 0 Å². The van der Waals surface area contributed by atoms with Crippen LogP contribution in [-0.2, 0) is 7.05 Å². The van der Waals surface area contributed by atoms with E-state index in [-0.39, 0.29) is 12.5 Å². The van der Waals surface area contributed by atoms with Gasteiger partial charge in [0.05, 0.1) is 17.6 Å². The number of aromatic nitrogens is 2. The number of aryl methyl sites for hydroxylation is 1. The molecule has 0 atom stereocenters. The van der Waals surface area contributed by atoms with Crippen LogP contribution < -0.4 is 16.7 Å². The fourth-order valence-corrected chi connectivity index (χ4v) is 2.53. The number of hydrogen-bond acceptors (Lipinski definition) is 4. The number of carbonyl (C=O) groups is 2. The number of benzene rings is 2. The van der Waals surface area contributed by atoms with Crippen LogP contribution in [0.4, 0.5) is 5.69 Å². The van der Waals surface area contributed by atoms with Crippen molar-refractivity contribution in [2.24, 2.45) is 7.05 Å². The van der Waals surface area contributed by atoms with Crippen LogP contribution in [0.5, 0.6) is 0 Å². The third kappa shape index (κ3) is 2.67. The van der Waals surface area contributed by atoms with E-state index in [1.165, 1.54) is 4.57 Å². The molecule has 3 N–H and O–H groups in total. The highest BCUT2D eigenvalue weighted by atomic mass is 16.2. The van der Waals surface area contributed by atoms with Crippen LogP contribution in [0.25, 0.3) is 11.0 Å². The van der Waals surface area contributed by atoms with E-state index in [4.69, 9.17) is 5.73 Å². The summed E-state index contributed by atoms with van der Waals surface area (Å²) < 4.78 is 2.39. The Morgan fingerprint density at radius 1 is 1.08 bits per heavy atom. The minimum atomic E-state index is -0.527. The Labute approximate surface area is 137 Å². The largest absolute Gasteiger partial charge is 0.399 e. The minimum absolute atomic E-state index is 0.290. The number of amides is 1. The first-order valence-corrected chi connectivity index (χ1v) is 7.32. The van der Waals surface area contributed by atoms with Gasteiger partial charge in [0, 0.05) is 18.3 Å². The SMILES string of the molecule is Cn1c(=O)n(C(=O)CNC(=O)c2ccccc2)c2cc(N)ccc21. The van der Waals surface area contributed by atoms with Crippen molar-refractivity contribution in [1.29, 1.82) is 0 Å². The highest BCUT2D eigenvalue weighted by Crippen LogP contribution is 2.15. The van der Waals surface area contributed by atoms with Crippen molar-refractivity contribution in [3.05, 3.63) is 64.6 Å². The smallest absolute Gasteiger partial charge is 0.335 e. The number of fused-ring (bicyclic) bond motifs is 1. The Balaban J connectivity index is 1.87. The van der Waals surface area contributed by atoms with Gasteiger partial charge in [0.15, 0.2) is 0 Å². The number of anilines is 1. The van der Waals surface area contributed by atoms with Gasteiger partial charge < -0.3 is 11.1 Å². The van der Waals surface area contributed by atoms with E-state index in [0.29, 0.717) is 22.3 Å². The van der Waals surface area contributed by atoms with Gasteiger partial charge in [-0.05, 0) is 30.3 Å². The maximum Gasteiger partial charge on any atom is 0.335 e. The molecule has 0 saturated carbocycles. The summed E-state index contributed by atoms with van der Waals surface area (Å²) in [6, 6.07) is 13.4. The van der Waals surface area contributed by atoms with E-state index in [2.05, 4.69) is 5.32 Å². The Morgan fingerprint density at radius 2 is 1.79 bits per heavy atom. The third-order valence-corrected chi connectivity index (χ3v) is 3.77.